The van der Waals surface area contributed by atoms with Gasteiger partial charge in [0.15, 0.2) is 0 Å². The number of nitrogens with zero attached hydrogens (tertiary/aromatic N) is 3. The van der Waals surface area contributed by atoms with Gasteiger partial charge in [-0.2, -0.15) is 0 Å². The van der Waals surface area contributed by atoms with Crippen molar-refractivity contribution in [3.8, 4) is 0 Å². The van der Waals surface area contributed by atoms with E-state index in [9.17, 15) is 4.79 Å². The van der Waals surface area contributed by atoms with Crippen LogP contribution in [-0.4, -0.2) is 39.5 Å². The van der Waals surface area contributed by atoms with Crippen molar-refractivity contribution >= 4 is 17.4 Å². The molecule has 2 aromatic rings. The average molecular weight is 373 g/mol. The summed E-state index contributed by atoms with van der Waals surface area (Å²) in [5.74, 6) is 0.645. The molecule has 1 fully saturated rings. The Morgan fingerprint density at radius 1 is 1.31 bits per heavy atom. The van der Waals surface area contributed by atoms with Crippen molar-refractivity contribution in [1.29, 1.82) is 0 Å². The fourth-order valence-corrected chi connectivity index (χ4v) is 4.08. The fourth-order valence-electron chi connectivity index (χ4n) is 3.52. The quantitative estimate of drug-likeness (QED) is 0.844. The lowest BCUT2D eigenvalue weighted by molar-refractivity contribution is 0.0904. The van der Waals surface area contributed by atoms with E-state index in [0.29, 0.717) is 16.5 Å². The fraction of sp³-hybridized carbons (Fsp3) is 0.550. The molecule has 1 aliphatic rings. The van der Waals surface area contributed by atoms with E-state index in [1.807, 2.05) is 6.92 Å². The molecule has 1 unspecified atom stereocenters. The van der Waals surface area contributed by atoms with Gasteiger partial charge in [-0.05, 0) is 61.3 Å². The van der Waals surface area contributed by atoms with Gasteiger partial charge in [-0.3, -0.25) is 9.69 Å². The van der Waals surface area contributed by atoms with Crippen molar-refractivity contribution in [2.45, 2.75) is 52.6 Å². The highest BCUT2D eigenvalue weighted by atomic mass is 32.1. The highest BCUT2D eigenvalue weighted by Gasteiger charge is 2.23. The van der Waals surface area contributed by atoms with Crippen LogP contribution >= 0.6 is 11.5 Å². The van der Waals surface area contributed by atoms with E-state index < -0.39 is 0 Å². The number of aryl methyl sites for hydroxylation is 1. The third kappa shape index (κ3) is 5.11. The summed E-state index contributed by atoms with van der Waals surface area (Å²) in [5.41, 5.74) is 3.45. The van der Waals surface area contributed by atoms with Crippen LogP contribution in [0.1, 0.15) is 53.2 Å². The first-order valence-corrected chi connectivity index (χ1v) is 10.2. The molecule has 0 spiro atoms. The van der Waals surface area contributed by atoms with Gasteiger partial charge in [0, 0.05) is 19.1 Å². The molecule has 1 aromatic carbocycles. The molecule has 1 N–H and O–H groups in total. The molecule has 6 heteroatoms. The van der Waals surface area contributed by atoms with Crippen LogP contribution in [-0.2, 0) is 13.0 Å². The van der Waals surface area contributed by atoms with Gasteiger partial charge >= 0.3 is 0 Å². The molecule has 1 aromatic heterocycles. The van der Waals surface area contributed by atoms with E-state index in [1.54, 1.807) is 0 Å². The number of hydrogen-bond acceptors (Lipinski definition) is 5. The lowest BCUT2D eigenvalue weighted by Crippen LogP contribution is -2.47. The topological polar surface area (TPSA) is 58.1 Å². The zero-order valence-corrected chi connectivity index (χ0v) is 16.7. The van der Waals surface area contributed by atoms with Gasteiger partial charge in [0.25, 0.3) is 5.91 Å². The number of benzene rings is 1. The molecule has 1 aliphatic heterocycles. The second-order valence-electron chi connectivity index (χ2n) is 7.65. The second kappa shape index (κ2) is 8.73. The van der Waals surface area contributed by atoms with Crippen molar-refractivity contribution in [3.63, 3.8) is 0 Å². The molecule has 1 saturated heterocycles. The minimum absolute atomic E-state index is 0.0395. The molecule has 140 valence electrons. The summed E-state index contributed by atoms with van der Waals surface area (Å²) in [6, 6.07) is 9.17. The van der Waals surface area contributed by atoms with Crippen molar-refractivity contribution in [1.82, 2.24) is 19.8 Å². The summed E-state index contributed by atoms with van der Waals surface area (Å²) in [6.07, 6.45) is 3.26. The van der Waals surface area contributed by atoms with Crippen molar-refractivity contribution in [2.24, 2.45) is 5.92 Å². The number of piperidine rings is 1. The first kappa shape index (κ1) is 19.0. The predicted molar refractivity (Wildman–Crippen MR) is 105 cm³/mol. The molecule has 5 nitrogen and oxygen atoms in total. The highest BCUT2D eigenvalue weighted by molar-refractivity contribution is 7.08. The maximum atomic E-state index is 12.4. The third-order valence-corrected chi connectivity index (χ3v) is 5.60. The van der Waals surface area contributed by atoms with Gasteiger partial charge in [0.05, 0.1) is 5.69 Å². The van der Waals surface area contributed by atoms with Gasteiger partial charge < -0.3 is 5.32 Å². The van der Waals surface area contributed by atoms with Crippen molar-refractivity contribution in [2.75, 3.05) is 13.1 Å². The Morgan fingerprint density at radius 2 is 2.04 bits per heavy atom. The normalized spacial score (nSPS) is 18.2. The molecule has 26 heavy (non-hydrogen) atoms. The molecule has 2 heterocycles. The van der Waals surface area contributed by atoms with Gasteiger partial charge in [-0.15, -0.1) is 5.10 Å². The Bertz CT molecular complexity index is 726. The number of rotatable bonds is 6. The van der Waals surface area contributed by atoms with Crippen LogP contribution in [0.4, 0.5) is 0 Å². The number of nitrogens with one attached hydrogen (secondary N) is 1. The molecular formula is C20H28N4OS. The summed E-state index contributed by atoms with van der Waals surface area (Å²) in [6.45, 7) is 9.25. The number of carbonyl (C=O) groups is 1. The Kier molecular flexibility index (Phi) is 6.38. The monoisotopic (exact) mass is 372 g/mol. The van der Waals surface area contributed by atoms with Gasteiger partial charge in [-0.1, -0.05) is 42.6 Å². The number of amides is 1. The minimum atomic E-state index is -0.0395. The predicted octanol–water partition coefficient (Wildman–Crippen LogP) is 3.44. The molecule has 0 bridgehead atoms. The first-order valence-electron chi connectivity index (χ1n) is 9.41. The van der Waals surface area contributed by atoms with E-state index in [4.69, 9.17) is 0 Å². The van der Waals surface area contributed by atoms with E-state index in [-0.39, 0.29) is 11.9 Å². The SMILES string of the molecule is Cc1nnsc1C(=O)NC1CCCN(Cc2ccc(CC(C)C)cc2)C1. The Morgan fingerprint density at radius 3 is 2.69 bits per heavy atom. The summed E-state index contributed by atoms with van der Waals surface area (Å²) in [4.78, 5) is 15.4. The molecule has 1 atom stereocenters. The smallest absolute Gasteiger partial charge is 0.265 e. The number of carbonyl (C=O) groups excluding carboxylic acids is 1. The van der Waals surface area contributed by atoms with Crippen LogP contribution in [0, 0.1) is 12.8 Å². The lowest BCUT2D eigenvalue weighted by Gasteiger charge is -2.33. The van der Waals surface area contributed by atoms with E-state index >= 15 is 0 Å². The van der Waals surface area contributed by atoms with Crippen molar-refractivity contribution in [3.05, 3.63) is 46.0 Å². The first-order chi connectivity index (χ1) is 12.5. The van der Waals surface area contributed by atoms with Gasteiger partial charge in [0.1, 0.15) is 4.88 Å². The summed E-state index contributed by atoms with van der Waals surface area (Å²) >= 11 is 1.17. The van der Waals surface area contributed by atoms with Gasteiger partial charge in [0.2, 0.25) is 0 Å². The molecule has 1 amide bonds. The zero-order chi connectivity index (χ0) is 18.5. The standard InChI is InChI=1S/C20H28N4OS/c1-14(2)11-16-6-8-17(9-7-16)12-24-10-4-5-18(13-24)21-20(25)19-15(3)22-23-26-19/h6-9,14,18H,4-5,10-13H2,1-3H3,(H,21,25). The molecule has 0 aliphatic carbocycles. The largest absolute Gasteiger partial charge is 0.347 e. The van der Waals surface area contributed by atoms with Crippen LogP contribution in [0.2, 0.25) is 0 Å². The number of hydrogen-bond donors (Lipinski definition) is 1. The Hall–Kier alpha value is -1.79. The third-order valence-electron chi connectivity index (χ3n) is 4.77. The van der Waals surface area contributed by atoms with E-state index in [1.165, 1.54) is 22.7 Å². The zero-order valence-electron chi connectivity index (χ0n) is 15.9. The van der Waals surface area contributed by atoms with Crippen LogP contribution in [0.3, 0.4) is 0 Å². The summed E-state index contributed by atoms with van der Waals surface area (Å²) in [7, 11) is 0. The van der Waals surface area contributed by atoms with Crippen LogP contribution in [0.25, 0.3) is 0 Å². The molecule has 0 saturated carbocycles. The maximum Gasteiger partial charge on any atom is 0.265 e. The molecule has 0 radical (unpaired) electrons. The summed E-state index contributed by atoms with van der Waals surface area (Å²) in [5, 5.41) is 7.08. The van der Waals surface area contributed by atoms with Crippen LogP contribution in [0.5, 0.6) is 0 Å². The molecular weight excluding hydrogens is 344 g/mol. The Balaban J connectivity index is 1.53. The summed E-state index contributed by atoms with van der Waals surface area (Å²) < 4.78 is 3.85. The Labute approximate surface area is 160 Å². The lowest BCUT2D eigenvalue weighted by atomic mass is 10.0. The second-order valence-corrected chi connectivity index (χ2v) is 8.40. The average Bonchev–Trinajstić information content (AvgIpc) is 3.03. The van der Waals surface area contributed by atoms with Crippen LogP contribution in [0.15, 0.2) is 24.3 Å². The van der Waals surface area contributed by atoms with Gasteiger partial charge in [-0.25, -0.2) is 0 Å². The molecule has 3 rings (SSSR count). The maximum absolute atomic E-state index is 12.4. The minimum Gasteiger partial charge on any atom is -0.347 e. The van der Waals surface area contributed by atoms with E-state index in [0.717, 1.165) is 38.9 Å². The number of aromatic nitrogens is 2. The van der Waals surface area contributed by atoms with Crippen LogP contribution < -0.4 is 5.32 Å². The number of likely N-dealkylation sites (tertiary alicyclic amines) is 1. The van der Waals surface area contributed by atoms with Crippen molar-refractivity contribution < 1.29 is 4.79 Å². The van der Waals surface area contributed by atoms with E-state index in [2.05, 4.69) is 57.9 Å². The highest BCUT2D eigenvalue weighted by Crippen LogP contribution is 2.17.